The summed E-state index contributed by atoms with van der Waals surface area (Å²) in [5.41, 5.74) is 7.14. The Morgan fingerprint density at radius 3 is 2.54 bits per heavy atom. The standard InChI is InChI=1S/C32H36FN3O3/c1-32(2)12-11-23(27(15-32)22-4-6-25(33)7-5-22)18-35-16-21(17-35)13-20-3-8-26-24(14-20)19-36(31(26)39)28-9-10-29(37)34-30(28)38/h3-8,14,21,28H,9-13,15-19H2,1-2H3,(H,34,37,38). The van der Waals surface area contributed by atoms with Crippen molar-refractivity contribution in [3.8, 4) is 0 Å². The van der Waals surface area contributed by atoms with Crippen LogP contribution in [-0.2, 0) is 22.6 Å². The Bertz CT molecular complexity index is 1360. The van der Waals surface area contributed by atoms with Crippen LogP contribution in [0.1, 0.15) is 73.0 Å². The lowest BCUT2D eigenvalue weighted by atomic mass is 9.72. The molecule has 1 N–H and O–H groups in total. The Morgan fingerprint density at radius 1 is 1.03 bits per heavy atom. The number of hydrogen-bond acceptors (Lipinski definition) is 4. The van der Waals surface area contributed by atoms with Gasteiger partial charge in [-0.25, -0.2) is 4.39 Å². The molecule has 204 valence electrons. The highest BCUT2D eigenvalue weighted by atomic mass is 19.1. The molecular formula is C32H36FN3O3. The zero-order valence-corrected chi connectivity index (χ0v) is 22.8. The van der Waals surface area contributed by atoms with Gasteiger partial charge in [-0.1, -0.05) is 43.7 Å². The number of benzene rings is 2. The smallest absolute Gasteiger partial charge is 0.255 e. The molecule has 6 nitrogen and oxygen atoms in total. The summed E-state index contributed by atoms with van der Waals surface area (Å²) in [6.45, 7) is 8.12. The summed E-state index contributed by atoms with van der Waals surface area (Å²) in [4.78, 5) is 40.9. The summed E-state index contributed by atoms with van der Waals surface area (Å²) in [5.74, 6) is -0.391. The van der Waals surface area contributed by atoms with Crippen LogP contribution in [0.2, 0.25) is 0 Å². The number of hydrogen-bond donors (Lipinski definition) is 1. The van der Waals surface area contributed by atoms with E-state index in [0.717, 1.165) is 50.0 Å². The molecule has 0 bridgehead atoms. The van der Waals surface area contributed by atoms with Crippen LogP contribution in [0.4, 0.5) is 4.39 Å². The van der Waals surface area contributed by atoms with Crippen LogP contribution >= 0.6 is 0 Å². The number of carbonyl (C=O) groups is 3. The fourth-order valence-corrected chi connectivity index (χ4v) is 6.76. The van der Waals surface area contributed by atoms with Crippen molar-refractivity contribution in [1.29, 1.82) is 0 Å². The molecule has 2 saturated heterocycles. The van der Waals surface area contributed by atoms with E-state index in [-0.39, 0.29) is 35.4 Å². The van der Waals surface area contributed by atoms with Crippen LogP contribution in [0.5, 0.6) is 0 Å². The molecule has 1 atom stereocenters. The Balaban J connectivity index is 1.08. The molecule has 3 amide bonds. The number of likely N-dealkylation sites (tertiary alicyclic amines) is 1. The summed E-state index contributed by atoms with van der Waals surface area (Å²) in [6.07, 6.45) is 4.89. The fraction of sp³-hybridized carbons (Fsp3) is 0.469. The molecule has 0 spiro atoms. The predicted molar refractivity (Wildman–Crippen MR) is 147 cm³/mol. The number of amides is 3. The molecule has 3 heterocycles. The van der Waals surface area contributed by atoms with Crippen molar-refractivity contribution in [2.24, 2.45) is 11.3 Å². The quantitative estimate of drug-likeness (QED) is 0.550. The van der Waals surface area contributed by atoms with E-state index in [2.05, 4.69) is 30.1 Å². The van der Waals surface area contributed by atoms with Crippen molar-refractivity contribution < 1.29 is 18.8 Å². The number of allylic oxidation sites excluding steroid dienone is 1. The van der Waals surface area contributed by atoms with Gasteiger partial charge in [0.15, 0.2) is 0 Å². The van der Waals surface area contributed by atoms with Crippen molar-refractivity contribution >= 4 is 23.3 Å². The Hall–Kier alpha value is -3.32. The zero-order chi connectivity index (χ0) is 27.3. The van der Waals surface area contributed by atoms with Gasteiger partial charge in [0.2, 0.25) is 11.8 Å². The molecule has 6 rings (SSSR count). The minimum Gasteiger partial charge on any atom is -0.322 e. The molecule has 39 heavy (non-hydrogen) atoms. The van der Waals surface area contributed by atoms with Crippen molar-refractivity contribution in [3.63, 3.8) is 0 Å². The van der Waals surface area contributed by atoms with Gasteiger partial charge in [-0.15, -0.1) is 0 Å². The van der Waals surface area contributed by atoms with Crippen LogP contribution in [0.3, 0.4) is 0 Å². The van der Waals surface area contributed by atoms with Crippen molar-refractivity contribution in [1.82, 2.24) is 15.1 Å². The molecule has 1 aliphatic carbocycles. The van der Waals surface area contributed by atoms with Gasteiger partial charge in [0.1, 0.15) is 11.9 Å². The van der Waals surface area contributed by atoms with E-state index in [1.807, 2.05) is 24.3 Å². The highest BCUT2D eigenvalue weighted by Crippen LogP contribution is 2.43. The second-order valence-corrected chi connectivity index (χ2v) is 12.6. The monoisotopic (exact) mass is 529 g/mol. The molecule has 0 radical (unpaired) electrons. The molecule has 4 aliphatic rings. The Kier molecular flexibility index (Phi) is 6.66. The van der Waals surface area contributed by atoms with E-state index >= 15 is 0 Å². The number of nitrogens with zero attached hydrogens (tertiary/aromatic N) is 2. The third-order valence-electron chi connectivity index (χ3n) is 8.94. The van der Waals surface area contributed by atoms with Gasteiger partial charge in [-0.3, -0.25) is 24.6 Å². The number of nitrogens with one attached hydrogen (secondary N) is 1. The Labute approximate surface area is 229 Å². The van der Waals surface area contributed by atoms with E-state index in [9.17, 15) is 18.8 Å². The maximum absolute atomic E-state index is 13.6. The lowest BCUT2D eigenvalue weighted by Crippen LogP contribution is -2.52. The van der Waals surface area contributed by atoms with Crippen molar-refractivity contribution in [2.75, 3.05) is 19.6 Å². The topological polar surface area (TPSA) is 69.7 Å². The lowest BCUT2D eigenvalue weighted by Gasteiger charge is -2.42. The summed E-state index contributed by atoms with van der Waals surface area (Å²) < 4.78 is 13.6. The summed E-state index contributed by atoms with van der Waals surface area (Å²) in [6, 6.07) is 12.5. The Morgan fingerprint density at radius 2 is 1.79 bits per heavy atom. The summed E-state index contributed by atoms with van der Waals surface area (Å²) in [5, 5.41) is 2.36. The molecule has 2 aromatic carbocycles. The van der Waals surface area contributed by atoms with E-state index < -0.39 is 6.04 Å². The molecule has 2 fully saturated rings. The van der Waals surface area contributed by atoms with Gasteiger partial charge in [0.05, 0.1) is 0 Å². The third kappa shape index (κ3) is 5.29. The molecule has 7 heteroatoms. The second kappa shape index (κ2) is 10.0. The fourth-order valence-electron chi connectivity index (χ4n) is 6.76. The second-order valence-electron chi connectivity index (χ2n) is 12.6. The molecule has 3 aliphatic heterocycles. The van der Waals surface area contributed by atoms with E-state index in [1.165, 1.54) is 23.1 Å². The first-order valence-corrected chi connectivity index (χ1v) is 14.1. The van der Waals surface area contributed by atoms with Gasteiger partial charge >= 0.3 is 0 Å². The average Bonchev–Trinajstić information content (AvgIpc) is 3.19. The van der Waals surface area contributed by atoms with E-state index in [1.54, 1.807) is 17.0 Å². The van der Waals surface area contributed by atoms with E-state index in [0.29, 0.717) is 24.4 Å². The minimum atomic E-state index is -0.578. The van der Waals surface area contributed by atoms with Gasteiger partial charge in [0, 0.05) is 38.2 Å². The number of rotatable bonds is 6. The van der Waals surface area contributed by atoms with E-state index in [4.69, 9.17) is 0 Å². The first kappa shape index (κ1) is 25.9. The molecule has 0 saturated carbocycles. The summed E-state index contributed by atoms with van der Waals surface area (Å²) in [7, 11) is 0. The first-order chi connectivity index (χ1) is 18.6. The third-order valence-corrected chi connectivity index (χ3v) is 8.94. The van der Waals surface area contributed by atoms with Crippen LogP contribution in [0.15, 0.2) is 48.0 Å². The maximum atomic E-state index is 13.6. The van der Waals surface area contributed by atoms with Crippen LogP contribution in [-0.4, -0.2) is 53.2 Å². The van der Waals surface area contributed by atoms with Crippen LogP contribution in [0.25, 0.3) is 5.57 Å². The number of halogens is 1. The van der Waals surface area contributed by atoms with Crippen molar-refractivity contribution in [3.05, 3.63) is 76.1 Å². The normalized spacial score (nSPS) is 23.6. The minimum absolute atomic E-state index is 0.123. The van der Waals surface area contributed by atoms with Crippen LogP contribution < -0.4 is 5.32 Å². The highest BCUT2D eigenvalue weighted by Gasteiger charge is 2.39. The molecule has 0 aromatic heterocycles. The number of carbonyl (C=O) groups excluding carboxylic acids is 3. The average molecular weight is 530 g/mol. The predicted octanol–water partition coefficient (Wildman–Crippen LogP) is 4.72. The SMILES string of the molecule is CC1(C)CCC(CN2CC(Cc3ccc4c(c3)CN(C3CCC(=O)NC3=O)C4=O)C2)=C(c2ccc(F)cc2)C1. The maximum Gasteiger partial charge on any atom is 0.255 e. The molecule has 2 aromatic rings. The largest absolute Gasteiger partial charge is 0.322 e. The molecular weight excluding hydrogens is 493 g/mol. The first-order valence-electron chi connectivity index (χ1n) is 14.1. The highest BCUT2D eigenvalue weighted by molar-refractivity contribution is 6.05. The van der Waals surface area contributed by atoms with Crippen LogP contribution in [0, 0.1) is 17.2 Å². The summed E-state index contributed by atoms with van der Waals surface area (Å²) >= 11 is 0. The van der Waals surface area contributed by atoms with Gasteiger partial charge < -0.3 is 4.90 Å². The zero-order valence-electron chi connectivity index (χ0n) is 22.8. The van der Waals surface area contributed by atoms with Crippen molar-refractivity contribution in [2.45, 2.75) is 65.0 Å². The number of piperidine rings is 1. The van der Waals surface area contributed by atoms with Gasteiger partial charge in [-0.2, -0.15) is 0 Å². The van der Waals surface area contributed by atoms with Gasteiger partial charge in [0.25, 0.3) is 5.91 Å². The number of fused-ring (bicyclic) bond motifs is 1. The van der Waals surface area contributed by atoms with Gasteiger partial charge in [-0.05, 0) is 83.9 Å². The molecule has 1 unspecified atom stereocenters. The number of imide groups is 1. The lowest BCUT2D eigenvalue weighted by molar-refractivity contribution is -0.136.